The predicted molar refractivity (Wildman–Crippen MR) is 35.3 cm³/mol. The summed E-state index contributed by atoms with van der Waals surface area (Å²) < 4.78 is 21.8. The van der Waals surface area contributed by atoms with E-state index in [2.05, 4.69) is 0 Å². The zero-order chi connectivity index (χ0) is 6.91. The zero-order valence-electron chi connectivity index (χ0n) is 5.13. The van der Waals surface area contributed by atoms with E-state index >= 15 is 0 Å². The first kappa shape index (κ1) is 7.02. The smallest absolute Gasteiger partial charge is 0.158 e. The van der Waals surface area contributed by atoms with Crippen LogP contribution in [0.2, 0.25) is 0 Å². The SMILES string of the molecule is NCCS(=O)(=O)[C]1CC1. The Balaban J connectivity index is 2.51. The lowest BCUT2D eigenvalue weighted by Gasteiger charge is -1.95. The lowest BCUT2D eigenvalue weighted by Crippen LogP contribution is -2.15. The summed E-state index contributed by atoms with van der Waals surface area (Å²) >= 11 is 0. The van der Waals surface area contributed by atoms with E-state index in [1.54, 1.807) is 0 Å². The van der Waals surface area contributed by atoms with Crippen LogP contribution in [0.4, 0.5) is 0 Å². The molecule has 0 bridgehead atoms. The van der Waals surface area contributed by atoms with Gasteiger partial charge in [-0.05, 0) is 12.8 Å². The van der Waals surface area contributed by atoms with Gasteiger partial charge in [-0.1, -0.05) is 0 Å². The van der Waals surface area contributed by atoms with Gasteiger partial charge >= 0.3 is 0 Å². The van der Waals surface area contributed by atoms with Crippen molar-refractivity contribution >= 4 is 9.84 Å². The van der Waals surface area contributed by atoms with E-state index in [1.807, 2.05) is 0 Å². The summed E-state index contributed by atoms with van der Waals surface area (Å²) in [7, 11) is -2.85. The molecule has 0 unspecified atom stereocenters. The first-order valence-electron chi connectivity index (χ1n) is 2.94. The van der Waals surface area contributed by atoms with Crippen LogP contribution in [0.1, 0.15) is 12.8 Å². The quantitative estimate of drug-likeness (QED) is 0.597. The molecule has 53 valence electrons. The number of hydrogen-bond acceptors (Lipinski definition) is 3. The van der Waals surface area contributed by atoms with Crippen molar-refractivity contribution in [2.24, 2.45) is 5.73 Å². The van der Waals surface area contributed by atoms with Gasteiger partial charge in [-0.2, -0.15) is 0 Å². The van der Waals surface area contributed by atoms with Gasteiger partial charge in [-0.3, -0.25) is 0 Å². The summed E-state index contributed by atoms with van der Waals surface area (Å²) in [5.74, 6) is 0.127. The third-order valence-electron chi connectivity index (χ3n) is 1.28. The molecule has 0 heterocycles. The van der Waals surface area contributed by atoms with Crippen molar-refractivity contribution in [3.63, 3.8) is 0 Å². The average Bonchev–Trinajstić information content (AvgIpc) is 2.41. The first-order chi connectivity index (χ1) is 4.17. The molecule has 0 aromatic rings. The van der Waals surface area contributed by atoms with Crippen molar-refractivity contribution < 1.29 is 8.42 Å². The van der Waals surface area contributed by atoms with Crippen LogP contribution < -0.4 is 5.73 Å². The summed E-state index contributed by atoms with van der Waals surface area (Å²) in [5, 5.41) is 0.688. The standard InChI is InChI=1S/C5H10NO2S/c6-3-4-9(7,8)5-1-2-5/h1-4,6H2. The highest BCUT2D eigenvalue weighted by Crippen LogP contribution is 2.37. The van der Waals surface area contributed by atoms with Gasteiger partial charge in [-0.25, -0.2) is 8.42 Å². The second-order valence-corrected chi connectivity index (χ2v) is 4.36. The molecule has 9 heavy (non-hydrogen) atoms. The van der Waals surface area contributed by atoms with Crippen molar-refractivity contribution in [1.29, 1.82) is 0 Å². The molecule has 4 heteroatoms. The van der Waals surface area contributed by atoms with E-state index in [1.165, 1.54) is 0 Å². The number of hydrogen-bond donors (Lipinski definition) is 1. The molecule has 0 aliphatic heterocycles. The number of sulfone groups is 1. The van der Waals surface area contributed by atoms with Crippen molar-refractivity contribution in [3.05, 3.63) is 5.25 Å². The molecule has 0 aromatic heterocycles. The van der Waals surface area contributed by atoms with Crippen LogP contribution in [0.5, 0.6) is 0 Å². The second-order valence-electron chi connectivity index (χ2n) is 2.15. The van der Waals surface area contributed by atoms with Crippen molar-refractivity contribution in [3.8, 4) is 0 Å². The lowest BCUT2D eigenvalue weighted by molar-refractivity contribution is 0.600. The fraction of sp³-hybridized carbons (Fsp3) is 0.800. The molecular weight excluding hydrogens is 138 g/mol. The fourth-order valence-corrected chi connectivity index (χ4v) is 1.98. The van der Waals surface area contributed by atoms with Gasteiger partial charge in [-0.15, -0.1) is 0 Å². The molecule has 0 saturated heterocycles. The van der Waals surface area contributed by atoms with Crippen LogP contribution in [0.15, 0.2) is 0 Å². The van der Waals surface area contributed by atoms with Gasteiger partial charge in [0.05, 0.1) is 11.0 Å². The average molecular weight is 148 g/mol. The van der Waals surface area contributed by atoms with Crippen LogP contribution in [0.3, 0.4) is 0 Å². The molecule has 1 rings (SSSR count). The normalized spacial score (nSPS) is 20.1. The summed E-state index contributed by atoms with van der Waals surface area (Å²) in [6, 6.07) is 0. The Hall–Kier alpha value is -0.0900. The van der Waals surface area contributed by atoms with Gasteiger partial charge in [0, 0.05) is 6.54 Å². The van der Waals surface area contributed by atoms with E-state index < -0.39 is 9.84 Å². The molecule has 1 aliphatic rings. The molecular formula is C5H10NO2S. The highest BCUT2D eigenvalue weighted by Gasteiger charge is 2.35. The van der Waals surface area contributed by atoms with Crippen LogP contribution in [0.25, 0.3) is 0 Å². The lowest BCUT2D eigenvalue weighted by atomic mass is 10.8. The van der Waals surface area contributed by atoms with Crippen LogP contribution in [-0.4, -0.2) is 20.7 Å². The largest absolute Gasteiger partial charge is 0.329 e. The Morgan fingerprint density at radius 3 is 2.33 bits per heavy atom. The minimum atomic E-state index is -2.85. The van der Waals surface area contributed by atoms with Crippen LogP contribution in [0, 0.1) is 5.25 Å². The summed E-state index contributed by atoms with van der Waals surface area (Å²) in [6.45, 7) is 0.242. The van der Waals surface area contributed by atoms with Gasteiger partial charge < -0.3 is 5.73 Å². The Morgan fingerprint density at radius 2 is 2.00 bits per heavy atom. The predicted octanol–water partition coefficient (Wildman–Crippen LogP) is -0.314. The van der Waals surface area contributed by atoms with E-state index in [0.29, 0.717) is 5.25 Å². The molecule has 0 amide bonds. The molecule has 2 N–H and O–H groups in total. The molecule has 0 aromatic carbocycles. The molecule has 1 fully saturated rings. The minimum Gasteiger partial charge on any atom is -0.329 e. The Labute approximate surface area is 55.2 Å². The van der Waals surface area contributed by atoms with Crippen molar-refractivity contribution in [1.82, 2.24) is 0 Å². The summed E-state index contributed by atoms with van der Waals surface area (Å²) in [5.41, 5.74) is 5.09. The second kappa shape index (κ2) is 2.27. The molecule has 1 aliphatic carbocycles. The monoisotopic (exact) mass is 148 g/mol. The van der Waals surface area contributed by atoms with E-state index in [9.17, 15) is 8.42 Å². The fourth-order valence-electron chi connectivity index (χ4n) is 0.662. The molecule has 0 spiro atoms. The number of nitrogens with two attached hydrogens (primary N) is 1. The van der Waals surface area contributed by atoms with Gasteiger partial charge in [0.15, 0.2) is 9.84 Å². The highest BCUT2D eigenvalue weighted by atomic mass is 32.2. The maximum atomic E-state index is 10.9. The molecule has 1 radical (unpaired) electrons. The Kier molecular flexibility index (Phi) is 1.77. The Bertz CT molecular complexity index is 181. The molecule has 3 nitrogen and oxygen atoms in total. The maximum Gasteiger partial charge on any atom is 0.158 e. The third-order valence-corrected chi connectivity index (χ3v) is 3.34. The van der Waals surface area contributed by atoms with E-state index in [4.69, 9.17) is 5.73 Å². The minimum absolute atomic E-state index is 0.127. The topological polar surface area (TPSA) is 60.2 Å². The number of rotatable bonds is 3. The molecule has 0 atom stereocenters. The summed E-state index contributed by atoms with van der Waals surface area (Å²) in [6.07, 6.45) is 1.53. The zero-order valence-corrected chi connectivity index (χ0v) is 5.95. The maximum absolute atomic E-state index is 10.9. The van der Waals surface area contributed by atoms with Gasteiger partial charge in [0.2, 0.25) is 0 Å². The summed E-state index contributed by atoms with van der Waals surface area (Å²) in [4.78, 5) is 0. The van der Waals surface area contributed by atoms with Crippen molar-refractivity contribution in [2.75, 3.05) is 12.3 Å². The van der Waals surface area contributed by atoms with Crippen LogP contribution in [-0.2, 0) is 9.84 Å². The first-order valence-corrected chi connectivity index (χ1v) is 4.59. The third kappa shape index (κ3) is 1.66. The Morgan fingerprint density at radius 1 is 1.44 bits per heavy atom. The van der Waals surface area contributed by atoms with E-state index in [-0.39, 0.29) is 12.3 Å². The highest BCUT2D eigenvalue weighted by molar-refractivity contribution is 7.94. The van der Waals surface area contributed by atoms with E-state index in [0.717, 1.165) is 12.8 Å². The van der Waals surface area contributed by atoms with Gasteiger partial charge in [0.1, 0.15) is 0 Å². The van der Waals surface area contributed by atoms with Crippen molar-refractivity contribution in [2.45, 2.75) is 12.8 Å². The van der Waals surface area contributed by atoms with Crippen LogP contribution >= 0.6 is 0 Å². The van der Waals surface area contributed by atoms with Gasteiger partial charge in [0.25, 0.3) is 0 Å². The molecule has 1 saturated carbocycles.